The number of aromatic nitrogens is 1. The number of nitrogens with two attached hydrogens (primary N) is 1. The predicted octanol–water partition coefficient (Wildman–Crippen LogP) is 1.91. The van der Waals surface area contributed by atoms with Gasteiger partial charge >= 0.3 is 0 Å². The van der Waals surface area contributed by atoms with Crippen molar-refractivity contribution in [2.24, 2.45) is 0 Å². The van der Waals surface area contributed by atoms with Crippen LogP contribution in [0.3, 0.4) is 0 Å². The number of para-hydroxylation sites is 1. The lowest BCUT2D eigenvalue weighted by atomic mass is 10.3. The minimum absolute atomic E-state index is 0. The Kier molecular flexibility index (Phi) is 1.83. The van der Waals surface area contributed by atoms with Crippen LogP contribution in [0.1, 0.15) is 0 Å². The fourth-order valence-electron chi connectivity index (χ4n) is 1.10. The highest BCUT2D eigenvalue weighted by Gasteiger charge is 1.92. The first-order chi connectivity index (χ1) is 4.86. The highest BCUT2D eigenvalue weighted by atomic mass is 14.8. The number of benzene rings is 1. The lowest BCUT2D eigenvalue weighted by molar-refractivity contribution is 1.47. The van der Waals surface area contributed by atoms with Crippen molar-refractivity contribution in [1.82, 2.24) is 11.1 Å². The molecule has 6 N–H and O–H groups in total. The molecule has 2 rings (SSSR count). The molecule has 2 aromatic rings. The lowest BCUT2D eigenvalue weighted by Crippen LogP contribution is -1.80. The molecule has 0 bridgehead atoms. The molecule has 3 nitrogen and oxygen atoms in total. The van der Waals surface area contributed by atoms with Crippen LogP contribution in [0.25, 0.3) is 10.9 Å². The van der Waals surface area contributed by atoms with Crippen LogP contribution >= 0.6 is 0 Å². The summed E-state index contributed by atoms with van der Waals surface area (Å²) in [4.78, 5) is 3.04. The Labute approximate surface area is 64.8 Å². The second-order valence-corrected chi connectivity index (χ2v) is 2.31. The second kappa shape index (κ2) is 2.64. The van der Waals surface area contributed by atoms with E-state index in [-0.39, 0.29) is 6.15 Å². The van der Waals surface area contributed by atoms with Gasteiger partial charge in [0.05, 0.1) is 0 Å². The van der Waals surface area contributed by atoms with Crippen molar-refractivity contribution in [1.29, 1.82) is 0 Å². The summed E-state index contributed by atoms with van der Waals surface area (Å²) in [5.74, 6) is 0.723. The molecule has 0 aliphatic rings. The molecule has 0 amide bonds. The Balaban J connectivity index is 0.000000605. The molecule has 0 atom stereocenters. The lowest BCUT2D eigenvalue weighted by Gasteiger charge is -1.83. The van der Waals surface area contributed by atoms with E-state index in [1.54, 1.807) is 0 Å². The van der Waals surface area contributed by atoms with E-state index in [1.165, 1.54) is 5.39 Å². The van der Waals surface area contributed by atoms with E-state index in [0.29, 0.717) is 0 Å². The smallest absolute Gasteiger partial charge is 0.101 e. The standard InChI is InChI=1S/C8H8N2.H3N/c9-8-5-6-3-1-2-4-7(6)10-8;/h1-5,10H,9H2;1H3. The second-order valence-electron chi connectivity index (χ2n) is 2.31. The van der Waals surface area contributed by atoms with Crippen LogP contribution in [0.5, 0.6) is 0 Å². The van der Waals surface area contributed by atoms with Crippen LogP contribution in [0.15, 0.2) is 30.3 Å². The summed E-state index contributed by atoms with van der Waals surface area (Å²) in [5.41, 5.74) is 6.63. The molecule has 0 fully saturated rings. The van der Waals surface area contributed by atoms with E-state index >= 15 is 0 Å². The fraction of sp³-hybridized carbons (Fsp3) is 0. The van der Waals surface area contributed by atoms with E-state index in [2.05, 4.69) is 4.98 Å². The molecule has 0 radical (unpaired) electrons. The maximum atomic E-state index is 5.54. The van der Waals surface area contributed by atoms with Crippen LogP contribution in [-0.2, 0) is 0 Å². The van der Waals surface area contributed by atoms with Crippen molar-refractivity contribution >= 4 is 16.7 Å². The summed E-state index contributed by atoms with van der Waals surface area (Å²) in [5, 5.41) is 1.17. The summed E-state index contributed by atoms with van der Waals surface area (Å²) < 4.78 is 0. The maximum absolute atomic E-state index is 5.54. The molecule has 0 saturated heterocycles. The third kappa shape index (κ3) is 1.18. The van der Waals surface area contributed by atoms with Gasteiger partial charge in [0, 0.05) is 10.9 Å². The topological polar surface area (TPSA) is 76.8 Å². The quantitative estimate of drug-likeness (QED) is 0.535. The van der Waals surface area contributed by atoms with Crippen LogP contribution in [0.4, 0.5) is 5.82 Å². The first-order valence-electron chi connectivity index (χ1n) is 3.19. The van der Waals surface area contributed by atoms with Gasteiger partial charge in [-0.05, 0) is 12.1 Å². The number of hydrogen-bond acceptors (Lipinski definition) is 2. The van der Waals surface area contributed by atoms with E-state index in [1.807, 2.05) is 30.3 Å². The normalized spacial score (nSPS) is 9.45. The first kappa shape index (κ1) is 7.63. The molecule has 3 heteroatoms. The number of nitrogen functional groups attached to an aromatic ring is 1. The summed E-state index contributed by atoms with van der Waals surface area (Å²) >= 11 is 0. The molecular weight excluding hydrogens is 138 g/mol. The van der Waals surface area contributed by atoms with Crippen LogP contribution in [0, 0.1) is 0 Å². The summed E-state index contributed by atoms with van der Waals surface area (Å²) in [6.07, 6.45) is 0. The number of fused-ring (bicyclic) bond motifs is 1. The fourth-order valence-corrected chi connectivity index (χ4v) is 1.10. The van der Waals surface area contributed by atoms with Gasteiger partial charge in [0.15, 0.2) is 0 Å². The number of aromatic amines is 1. The Hall–Kier alpha value is -1.48. The molecule has 1 aromatic heterocycles. The minimum Gasteiger partial charge on any atom is -0.385 e. The summed E-state index contributed by atoms with van der Waals surface area (Å²) in [7, 11) is 0. The van der Waals surface area contributed by atoms with Gasteiger partial charge < -0.3 is 16.9 Å². The summed E-state index contributed by atoms with van der Waals surface area (Å²) in [6.45, 7) is 0. The molecular formula is C8H11N3. The van der Waals surface area contributed by atoms with Crippen molar-refractivity contribution in [2.75, 3.05) is 5.73 Å². The largest absolute Gasteiger partial charge is 0.385 e. The number of hydrogen-bond donors (Lipinski definition) is 3. The molecule has 0 unspecified atom stereocenters. The average molecular weight is 149 g/mol. The SMILES string of the molecule is N.Nc1cc2ccccc2[nH]1. The van der Waals surface area contributed by atoms with E-state index < -0.39 is 0 Å². The predicted molar refractivity (Wildman–Crippen MR) is 47.7 cm³/mol. The van der Waals surface area contributed by atoms with Gasteiger partial charge in [-0.15, -0.1) is 0 Å². The van der Waals surface area contributed by atoms with Crippen molar-refractivity contribution in [3.05, 3.63) is 30.3 Å². The van der Waals surface area contributed by atoms with E-state index in [0.717, 1.165) is 11.3 Å². The molecule has 1 heterocycles. The third-order valence-electron chi connectivity index (χ3n) is 1.55. The molecule has 0 saturated carbocycles. The molecule has 0 aliphatic heterocycles. The average Bonchev–Trinajstić information content (AvgIpc) is 2.27. The van der Waals surface area contributed by atoms with Crippen molar-refractivity contribution < 1.29 is 0 Å². The summed E-state index contributed by atoms with van der Waals surface area (Å²) in [6, 6.07) is 9.94. The zero-order valence-corrected chi connectivity index (χ0v) is 6.17. The number of rotatable bonds is 0. The van der Waals surface area contributed by atoms with Crippen LogP contribution in [0.2, 0.25) is 0 Å². The molecule has 11 heavy (non-hydrogen) atoms. The Morgan fingerprint density at radius 3 is 2.64 bits per heavy atom. The Bertz CT molecular complexity index is 318. The van der Waals surface area contributed by atoms with E-state index in [9.17, 15) is 0 Å². The zero-order valence-electron chi connectivity index (χ0n) is 6.17. The minimum atomic E-state index is 0. The van der Waals surface area contributed by atoms with Gasteiger partial charge in [-0.1, -0.05) is 18.2 Å². The highest BCUT2D eigenvalue weighted by molar-refractivity contribution is 5.82. The van der Waals surface area contributed by atoms with Gasteiger partial charge in [0.1, 0.15) is 5.82 Å². The third-order valence-corrected chi connectivity index (χ3v) is 1.55. The van der Waals surface area contributed by atoms with Crippen LogP contribution in [-0.4, -0.2) is 4.98 Å². The Morgan fingerprint density at radius 2 is 1.91 bits per heavy atom. The zero-order chi connectivity index (χ0) is 6.97. The number of H-pyrrole nitrogens is 1. The molecule has 1 aromatic carbocycles. The first-order valence-corrected chi connectivity index (χ1v) is 3.19. The number of nitrogens with one attached hydrogen (secondary N) is 1. The molecule has 0 aliphatic carbocycles. The van der Waals surface area contributed by atoms with Gasteiger partial charge in [0.2, 0.25) is 0 Å². The number of anilines is 1. The van der Waals surface area contributed by atoms with Crippen molar-refractivity contribution in [3.8, 4) is 0 Å². The monoisotopic (exact) mass is 149 g/mol. The van der Waals surface area contributed by atoms with Crippen LogP contribution < -0.4 is 11.9 Å². The van der Waals surface area contributed by atoms with E-state index in [4.69, 9.17) is 5.73 Å². The van der Waals surface area contributed by atoms with Gasteiger partial charge in [-0.25, -0.2) is 0 Å². The van der Waals surface area contributed by atoms with Gasteiger partial charge in [-0.2, -0.15) is 0 Å². The van der Waals surface area contributed by atoms with Gasteiger partial charge in [-0.3, -0.25) is 0 Å². The van der Waals surface area contributed by atoms with Crippen molar-refractivity contribution in [3.63, 3.8) is 0 Å². The maximum Gasteiger partial charge on any atom is 0.101 e. The van der Waals surface area contributed by atoms with Crippen molar-refractivity contribution in [2.45, 2.75) is 0 Å². The molecule has 0 spiro atoms. The molecule has 58 valence electrons. The Morgan fingerprint density at radius 1 is 1.18 bits per heavy atom. The highest BCUT2D eigenvalue weighted by Crippen LogP contribution is 2.14. The van der Waals surface area contributed by atoms with Gasteiger partial charge in [0.25, 0.3) is 0 Å².